The molecule has 5 nitrogen and oxygen atoms in total. The Morgan fingerprint density at radius 3 is 2.22 bits per heavy atom. The normalized spacial score (nSPS) is 25.1. The summed E-state index contributed by atoms with van der Waals surface area (Å²) in [5, 5.41) is 3.20. The van der Waals surface area contributed by atoms with Crippen molar-refractivity contribution in [3.63, 3.8) is 0 Å². The van der Waals surface area contributed by atoms with Gasteiger partial charge in [0.15, 0.2) is 5.96 Å². The fourth-order valence-electron chi connectivity index (χ4n) is 3.44. The summed E-state index contributed by atoms with van der Waals surface area (Å²) in [6, 6.07) is -1.64. The molecular weight excluding hydrogens is 376 g/mol. The molecule has 2 saturated heterocycles. The van der Waals surface area contributed by atoms with Crippen LogP contribution in [0.5, 0.6) is 0 Å². The molecule has 158 valence electrons. The number of halogens is 6. The van der Waals surface area contributed by atoms with Crippen molar-refractivity contribution in [2.24, 2.45) is 4.99 Å². The molecule has 0 aromatic carbocycles. The predicted octanol–water partition coefficient (Wildman–Crippen LogP) is 2.16. The van der Waals surface area contributed by atoms with Gasteiger partial charge in [0.05, 0.1) is 6.54 Å². The Hall–Kier alpha value is -1.23. The molecule has 0 bridgehead atoms. The van der Waals surface area contributed by atoms with Gasteiger partial charge in [-0.25, -0.2) is 0 Å². The Kier molecular flexibility index (Phi) is 7.23. The van der Waals surface area contributed by atoms with Crippen LogP contribution in [0.25, 0.3) is 0 Å². The van der Waals surface area contributed by atoms with E-state index in [4.69, 9.17) is 0 Å². The average molecular weight is 403 g/mol. The van der Waals surface area contributed by atoms with Crippen LogP contribution in [0.15, 0.2) is 4.99 Å². The second-order valence-corrected chi connectivity index (χ2v) is 7.02. The monoisotopic (exact) mass is 403 g/mol. The largest absolute Gasteiger partial charge is 0.403 e. The zero-order valence-electron chi connectivity index (χ0n) is 15.6. The summed E-state index contributed by atoms with van der Waals surface area (Å²) in [5.74, 6) is 0.565. The number of hydrogen-bond donors (Lipinski definition) is 1. The van der Waals surface area contributed by atoms with E-state index in [1.165, 1.54) is 9.80 Å². The highest BCUT2D eigenvalue weighted by Crippen LogP contribution is 2.25. The molecule has 0 aliphatic carbocycles. The van der Waals surface area contributed by atoms with Crippen molar-refractivity contribution in [1.82, 2.24) is 20.0 Å². The van der Waals surface area contributed by atoms with Crippen LogP contribution in [-0.2, 0) is 0 Å². The summed E-state index contributed by atoms with van der Waals surface area (Å²) in [4.78, 5) is 9.00. The zero-order chi connectivity index (χ0) is 20.2. The maximum Gasteiger partial charge on any atom is 0.403 e. The number of nitrogens with zero attached hydrogens (tertiary/aromatic N) is 4. The number of hydrogen-bond acceptors (Lipinski definition) is 3. The lowest BCUT2D eigenvalue weighted by Gasteiger charge is -2.40. The van der Waals surface area contributed by atoms with Gasteiger partial charge in [-0.15, -0.1) is 0 Å². The van der Waals surface area contributed by atoms with Gasteiger partial charge in [-0.1, -0.05) is 0 Å². The molecular formula is C16H27F6N5. The smallest absolute Gasteiger partial charge is 0.352 e. The molecule has 2 rings (SSSR count). The zero-order valence-corrected chi connectivity index (χ0v) is 15.6. The molecule has 0 amide bonds. The highest BCUT2D eigenvalue weighted by atomic mass is 19.4. The van der Waals surface area contributed by atoms with Crippen molar-refractivity contribution < 1.29 is 26.3 Å². The third-order valence-electron chi connectivity index (χ3n) is 4.95. The minimum Gasteiger partial charge on any atom is -0.352 e. The van der Waals surface area contributed by atoms with E-state index < -0.39 is 24.9 Å². The Balaban J connectivity index is 1.87. The minimum absolute atomic E-state index is 0.148. The summed E-state index contributed by atoms with van der Waals surface area (Å²) in [6.07, 6.45) is -7.91. The SMILES string of the molecule is CCN=C(NC1CCN(CC(F)(F)F)C1)N1CCN(C(C)C(F)(F)F)CC1. The van der Waals surface area contributed by atoms with E-state index in [1.54, 1.807) is 0 Å². The first-order valence-corrected chi connectivity index (χ1v) is 9.15. The van der Waals surface area contributed by atoms with Crippen molar-refractivity contribution >= 4 is 5.96 Å². The summed E-state index contributed by atoms with van der Waals surface area (Å²) in [7, 11) is 0. The summed E-state index contributed by atoms with van der Waals surface area (Å²) in [6.45, 7) is 4.49. The number of rotatable bonds is 4. The molecule has 2 heterocycles. The van der Waals surface area contributed by atoms with E-state index in [0.717, 1.165) is 6.92 Å². The summed E-state index contributed by atoms with van der Waals surface area (Å²) in [5.41, 5.74) is 0. The predicted molar refractivity (Wildman–Crippen MR) is 90.7 cm³/mol. The fourth-order valence-corrected chi connectivity index (χ4v) is 3.44. The second kappa shape index (κ2) is 8.85. The van der Waals surface area contributed by atoms with Gasteiger partial charge in [-0.3, -0.25) is 14.8 Å². The van der Waals surface area contributed by atoms with E-state index in [-0.39, 0.29) is 25.7 Å². The Labute approximate surface area is 155 Å². The standard InChI is InChI=1S/C16H27F6N5/c1-3-23-14(24-13-4-5-25(10-13)11-15(17,18)19)27-8-6-26(7-9-27)12(2)16(20,21)22/h12-13H,3-11H2,1-2H3,(H,23,24). The van der Waals surface area contributed by atoms with Crippen molar-refractivity contribution in [2.45, 2.75) is 44.7 Å². The molecule has 11 heteroatoms. The number of nitrogens with one attached hydrogen (secondary N) is 1. The second-order valence-electron chi connectivity index (χ2n) is 7.02. The molecule has 0 saturated carbocycles. The van der Waals surface area contributed by atoms with Crippen LogP contribution in [0.1, 0.15) is 20.3 Å². The van der Waals surface area contributed by atoms with Crippen molar-refractivity contribution in [2.75, 3.05) is 52.4 Å². The molecule has 2 unspecified atom stereocenters. The van der Waals surface area contributed by atoms with Crippen LogP contribution in [-0.4, -0.2) is 97.5 Å². The molecule has 2 aliphatic heterocycles. The quantitative estimate of drug-likeness (QED) is 0.443. The maximum absolute atomic E-state index is 12.9. The van der Waals surface area contributed by atoms with Crippen LogP contribution in [0.2, 0.25) is 0 Å². The Bertz CT molecular complexity index is 499. The molecule has 0 radical (unpaired) electrons. The number of piperazine rings is 1. The lowest BCUT2D eigenvalue weighted by atomic mass is 10.2. The molecule has 2 atom stereocenters. The van der Waals surface area contributed by atoms with Crippen molar-refractivity contribution in [3.05, 3.63) is 0 Å². The van der Waals surface area contributed by atoms with Gasteiger partial charge in [0.2, 0.25) is 0 Å². The first-order chi connectivity index (χ1) is 12.5. The lowest BCUT2D eigenvalue weighted by Crippen LogP contribution is -2.58. The summed E-state index contributed by atoms with van der Waals surface area (Å²) >= 11 is 0. The van der Waals surface area contributed by atoms with Crippen LogP contribution >= 0.6 is 0 Å². The van der Waals surface area contributed by atoms with E-state index in [9.17, 15) is 26.3 Å². The van der Waals surface area contributed by atoms with Gasteiger partial charge in [0, 0.05) is 51.9 Å². The van der Waals surface area contributed by atoms with Gasteiger partial charge in [-0.05, 0) is 20.3 Å². The maximum atomic E-state index is 12.9. The number of likely N-dealkylation sites (tertiary alicyclic amines) is 1. The van der Waals surface area contributed by atoms with Gasteiger partial charge in [0.1, 0.15) is 6.04 Å². The van der Waals surface area contributed by atoms with Gasteiger partial charge in [-0.2, -0.15) is 26.3 Å². The Morgan fingerprint density at radius 2 is 1.70 bits per heavy atom. The molecule has 0 aromatic rings. The Morgan fingerprint density at radius 1 is 1.07 bits per heavy atom. The third-order valence-corrected chi connectivity index (χ3v) is 4.95. The van der Waals surface area contributed by atoms with Crippen molar-refractivity contribution in [3.8, 4) is 0 Å². The van der Waals surface area contributed by atoms with E-state index in [0.29, 0.717) is 38.6 Å². The number of alkyl halides is 6. The van der Waals surface area contributed by atoms with E-state index >= 15 is 0 Å². The first-order valence-electron chi connectivity index (χ1n) is 9.15. The molecule has 27 heavy (non-hydrogen) atoms. The summed E-state index contributed by atoms with van der Waals surface area (Å²) < 4.78 is 76.1. The van der Waals surface area contributed by atoms with Crippen LogP contribution < -0.4 is 5.32 Å². The first kappa shape index (κ1) is 22.1. The number of aliphatic imine (C=N–C) groups is 1. The van der Waals surface area contributed by atoms with Gasteiger partial charge in [0.25, 0.3) is 0 Å². The van der Waals surface area contributed by atoms with E-state index in [2.05, 4.69) is 10.3 Å². The fraction of sp³-hybridized carbons (Fsp3) is 0.938. The van der Waals surface area contributed by atoms with Gasteiger partial charge < -0.3 is 10.2 Å². The highest BCUT2D eigenvalue weighted by molar-refractivity contribution is 5.80. The molecule has 2 fully saturated rings. The van der Waals surface area contributed by atoms with E-state index in [1.807, 2.05) is 11.8 Å². The van der Waals surface area contributed by atoms with Gasteiger partial charge >= 0.3 is 12.4 Å². The molecule has 2 aliphatic rings. The lowest BCUT2D eigenvalue weighted by molar-refractivity contribution is -0.181. The topological polar surface area (TPSA) is 34.1 Å². The van der Waals surface area contributed by atoms with Crippen LogP contribution in [0.4, 0.5) is 26.3 Å². The molecule has 0 spiro atoms. The van der Waals surface area contributed by atoms with Crippen LogP contribution in [0, 0.1) is 0 Å². The van der Waals surface area contributed by atoms with Crippen LogP contribution in [0.3, 0.4) is 0 Å². The minimum atomic E-state index is -4.26. The van der Waals surface area contributed by atoms with Crippen molar-refractivity contribution in [1.29, 1.82) is 0 Å². The molecule has 0 aromatic heterocycles. The number of guanidine groups is 1. The third kappa shape index (κ3) is 6.70. The highest BCUT2D eigenvalue weighted by Gasteiger charge is 2.41. The average Bonchev–Trinajstić information content (AvgIpc) is 2.98. The molecule has 1 N–H and O–H groups in total.